The Bertz CT molecular complexity index is 367. The van der Waals surface area contributed by atoms with E-state index >= 15 is 0 Å². The van der Waals surface area contributed by atoms with Crippen LogP contribution in [0.4, 0.5) is 0 Å². The second-order valence-corrected chi connectivity index (χ2v) is 5.35. The molecule has 0 bridgehead atoms. The summed E-state index contributed by atoms with van der Waals surface area (Å²) in [6.07, 6.45) is 0. The lowest BCUT2D eigenvalue weighted by atomic mass is 9.92. The summed E-state index contributed by atoms with van der Waals surface area (Å²) >= 11 is 2.02. The van der Waals surface area contributed by atoms with Gasteiger partial charge in [0.05, 0.1) is 7.11 Å². The molecule has 2 rings (SSSR count). The highest BCUT2D eigenvalue weighted by molar-refractivity contribution is 7.98. The summed E-state index contributed by atoms with van der Waals surface area (Å²) in [4.78, 5) is 0. The van der Waals surface area contributed by atoms with Crippen molar-refractivity contribution in [1.82, 2.24) is 5.32 Å². The Labute approximate surface area is 102 Å². The van der Waals surface area contributed by atoms with E-state index in [1.807, 2.05) is 18.8 Å². The number of benzene rings is 1. The molecule has 88 valence electrons. The number of methoxy groups -OCH3 is 1. The minimum atomic E-state index is 0.445. The summed E-state index contributed by atoms with van der Waals surface area (Å²) in [5, 5.41) is 3.43. The van der Waals surface area contributed by atoms with E-state index in [1.165, 1.54) is 16.9 Å². The van der Waals surface area contributed by atoms with Crippen molar-refractivity contribution in [1.29, 1.82) is 0 Å². The highest BCUT2D eigenvalue weighted by atomic mass is 32.2. The number of ether oxygens (including phenoxy) is 1. The molecular weight excluding hydrogens is 218 g/mol. The topological polar surface area (TPSA) is 21.3 Å². The van der Waals surface area contributed by atoms with Crippen molar-refractivity contribution < 1.29 is 4.74 Å². The van der Waals surface area contributed by atoms with E-state index in [1.54, 1.807) is 7.11 Å². The smallest absolute Gasteiger partial charge is 0.119 e. The number of hydrogen-bond donors (Lipinski definition) is 1. The molecule has 3 heteroatoms. The highest BCUT2D eigenvalue weighted by Gasteiger charge is 2.23. The molecule has 16 heavy (non-hydrogen) atoms. The van der Waals surface area contributed by atoms with E-state index < -0.39 is 0 Å². The molecule has 1 aromatic carbocycles. The number of nitrogens with one attached hydrogen (secondary N) is 1. The summed E-state index contributed by atoms with van der Waals surface area (Å²) in [5.74, 6) is 3.94. The summed E-state index contributed by atoms with van der Waals surface area (Å²) in [7, 11) is 3.77. The van der Waals surface area contributed by atoms with Gasteiger partial charge in [-0.1, -0.05) is 13.0 Å². The number of rotatable bonds is 2. The standard InChI is InChI=1S/C13H19NOS/c1-9-7-16-8-10-4-5-11(15-3)6-12(10)13(9)14-2/h4-6,9,13-14H,7-8H2,1-3H3. The first-order valence-electron chi connectivity index (χ1n) is 5.68. The van der Waals surface area contributed by atoms with Crippen molar-refractivity contribution in [3.63, 3.8) is 0 Å². The second kappa shape index (κ2) is 5.11. The van der Waals surface area contributed by atoms with Crippen LogP contribution in [0.15, 0.2) is 18.2 Å². The van der Waals surface area contributed by atoms with Crippen molar-refractivity contribution in [3.05, 3.63) is 29.3 Å². The predicted molar refractivity (Wildman–Crippen MR) is 70.1 cm³/mol. The van der Waals surface area contributed by atoms with E-state index in [-0.39, 0.29) is 0 Å². The van der Waals surface area contributed by atoms with Crippen LogP contribution in [0.25, 0.3) is 0 Å². The van der Waals surface area contributed by atoms with Crippen molar-refractivity contribution in [2.24, 2.45) is 5.92 Å². The van der Waals surface area contributed by atoms with Crippen LogP contribution in [0.5, 0.6) is 5.75 Å². The fourth-order valence-electron chi connectivity index (χ4n) is 2.32. The Morgan fingerprint density at radius 1 is 1.44 bits per heavy atom. The monoisotopic (exact) mass is 237 g/mol. The quantitative estimate of drug-likeness (QED) is 0.854. The van der Waals surface area contributed by atoms with Gasteiger partial charge in [0.2, 0.25) is 0 Å². The van der Waals surface area contributed by atoms with E-state index in [0.717, 1.165) is 11.5 Å². The third-order valence-electron chi connectivity index (χ3n) is 3.21. The molecule has 2 nitrogen and oxygen atoms in total. The molecule has 0 spiro atoms. The van der Waals surface area contributed by atoms with Crippen molar-refractivity contribution in [3.8, 4) is 5.75 Å². The van der Waals surface area contributed by atoms with Gasteiger partial charge in [-0.2, -0.15) is 11.8 Å². The molecule has 0 amide bonds. The van der Waals surface area contributed by atoms with E-state index in [9.17, 15) is 0 Å². The molecule has 1 N–H and O–H groups in total. The fourth-order valence-corrected chi connectivity index (χ4v) is 3.48. The summed E-state index contributed by atoms with van der Waals surface area (Å²) < 4.78 is 5.31. The summed E-state index contributed by atoms with van der Waals surface area (Å²) in [6, 6.07) is 6.88. The predicted octanol–water partition coefficient (Wildman–Crippen LogP) is 2.84. The molecule has 0 saturated carbocycles. The van der Waals surface area contributed by atoms with Gasteiger partial charge in [0.1, 0.15) is 5.75 Å². The van der Waals surface area contributed by atoms with Crippen LogP contribution in [-0.2, 0) is 5.75 Å². The average Bonchev–Trinajstić information content (AvgIpc) is 2.46. The van der Waals surface area contributed by atoms with Gasteiger partial charge < -0.3 is 10.1 Å². The van der Waals surface area contributed by atoms with Gasteiger partial charge in [-0.25, -0.2) is 0 Å². The van der Waals surface area contributed by atoms with Gasteiger partial charge in [0.15, 0.2) is 0 Å². The Morgan fingerprint density at radius 3 is 2.94 bits per heavy atom. The molecule has 0 aliphatic carbocycles. The van der Waals surface area contributed by atoms with Gasteiger partial charge >= 0.3 is 0 Å². The Hall–Kier alpha value is -0.670. The Balaban J connectivity index is 2.42. The maximum absolute atomic E-state index is 5.31. The van der Waals surface area contributed by atoms with Crippen LogP contribution >= 0.6 is 11.8 Å². The molecule has 0 saturated heterocycles. The SMILES string of the molecule is CNC1c2cc(OC)ccc2CSCC1C. The largest absolute Gasteiger partial charge is 0.497 e. The average molecular weight is 237 g/mol. The van der Waals surface area contributed by atoms with E-state index in [2.05, 4.69) is 30.4 Å². The molecule has 1 heterocycles. The highest BCUT2D eigenvalue weighted by Crippen LogP contribution is 2.35. The normalized spacial score (nSPS) is 24.7. The first-order valence-corrected chi connectivity index (χ1v) is 6.83. The lowest BCUT2D eigenvalue weighted by Gasteiger charge is -2.23. The molecule has 0 aromatic heterocycles. The molecule has 2 unspecified atom stereocenters. The van der Waals surface area contributed by atoms with Crippen LogP contribution < -0.4 is 10.1 Å². The maximum Gasteiger partial charge on any atom is 0.119 e. The Morgan fingerprint density at radius 2 is 2.25 bits per heavy atom. The van der Waals surface area contributed by atoms with Gasteiger partial charge in [0.25, 0.3) is 0 Å². The maximum atomic E-state index is 5.31. The van der Waals surface area contributed by atoms with Crippen molar-refractivity contribution in [2.45, 2.75) is 18.7 Å². The molecular formula is C13H19NOS. The van der Waals surface area contributed by atoms with Gasteiger partial charge in [-0.15, -0.1) is 0 Å². The van der Waals surface area contributed by atoms with E-state index in [4.69, 9.17) is 4.74 Å². The minimum absolute atomic E-state index is 0.445. The third kappa shape index (κ3) is 2.20. The summed E-state index contributed by atoms with van der Waals surface area (Å²) in [6.45, 7) is 2.31. The number of fused-ring (bicyclic) bond motifs is 1. The van der Waals surface area contributed by atoms with Crippen molar-refractivity contribution >= 4 is 11.8 Å². The lowest BCUT2D eigenvalue weighted by molar-refractivity contribution is 0.409. The Kier molecular flexibility index (Phi) is 3.77. The van der Waals surface area contributed by atoms with Crippen LogP contribution in [0.3, 0.4) is 0 Å². The van der Waals surface area contributed by atoms with Crippen molar-refractivity contribution in [2.75, 3.05) is 19.9 Å². The second-order valence-electron chi connectivity index (χ2n) is 4.32. The van der Waals surface area contributed by atoms with Gasteiger partial charge in [0, 0.05) is 11.8 Å². The zero-order chi connectivity index (χ0) is 11.5. The number of hydrogen-bond acceptors (Lipinski definition) is 3. The molecule has 2 atom stereocenters. The lowest BCUT2D eigenvalue weighted by Crippen LogP contribution is -2.24. The molecule has 1 aliphatic heterocycles. The molecule has 1 aromatic rings. The zero-order valence-electron chi connectivity index (χ0n) is 10.1. The van der Waals surface area contributed by atoms with Crippen LogP contribution in [-0.4, -0.2) is 19.9 Å². The molecule has 0 fully saturated rings. The van der Waals surface area contributed by atoms with Crippen LogP contribution in [0.2, 0.25) is 0 Å². The zero-order valence-corrected chi connectivity index (χ0v) is 10.9. The first kappa shape index (κ1) is 11.8. The third-order valence-corrected chi connectivity index (χ3v) is 4.48. The molecule has 1 aliphatic rings. The van der Waals surface area contributed by atoms with Gasteiger partial charge in [-0.3, -0.25) is 0 Å². The molecule has 0 radical (unpaired) electrons. The van der Waals surface area contributed by atoms with E-state index in [0.29, 0.717) is 12.0 Å². The van der Waals surface area contributed by atoms with Gasteiger partial charge in [-0.05, 0) is 42.0 Å². The summed E-state index contributed by atoms with van der Waals surface area (Å²) in [5.41, 5.74) is 2.84. The minimum Gasteiger partial charge on any atom is -0.497 e. The van der Waals surface area contributed by atoms with Crippen LogP contribution in [0, 0.1) is 5.92 Å². The fraction of sp³-hybridized carbons (Fsp3) is 0.538. The van der Waals surface area contributed by atoms with Crippen LogP contribution in [0.1, 0.15) is 24.1 Å². The first-order chi connectivity index (χ1) is 7.76. The number of thioether (sulfide) groups is 1.